The number of hydrogen-bond acceptors (Lipinski definition) is 1. The summed E-state index contributed by atoms with van der Waals surface area (Å²) in [6, 6.07) is 3.11. The zero-order valence-electron chi connectivity index (χ0n) is 12.3. The molecule has 0 aliphatic carbocycles. The number of carbonyl (C=O) groups is 1. The normalized spacial score (nSPS) is 13.2. The maximum absolute atomic E-state index is 12.8. The number of carbonyl (C=O) groups excluding carboxylic acids is 1. The van der Waals surface area contributed by atoms with Gasteiger partial charge < -0.3 is 5.32 Å². The minimum atomic E-state index is -5.76. The zero-order chi connectivity index (χ0) is 17.5. The summed E-state index contributed by atoms with van der Waals surface area (Å²) in [7, 11) is 0. The van der Waals surface area contributed by atoms with Gasteiger partial charge in [0.25, 0.3) is 0 Å². The van der Waals surface area contributed by atoms with Crippen LogP contribution in [0.4, 0.5) is 32.0 Å². The lowest BCUT2D eigenvalue weighted by atomic mass is 9.87. The fraction of sp³-hybridized carbons (Fsp3) is 0.500. The van der Waals surface area contributed by atoms with Gasteiger partial charge in [-0.25, -0.2) is 0 Å². The first-order valence-corrected chi connectivity index (χ1v) is 6.24. The van der Waals surface area contributed by atoms with Crippen molar-refractivity contribution >= 4 is 11.6 Å². The van der Waals surface area contributed by atoms with Crippen molar-refractivity contribution in [1.82, 2.24) is 0 Å². The number of amides is 1. The Labute approximate surface area is 123 Å². The molecule has 0 saturated heterocycles. The van der Waals surface area contributed by atoms with Gasteiger partial charge in [-0.15, -0.1) is 0 Å². The summed E-state index contributed by atoms with van der Waals surface area (Å²) in [6.45, 7) is 4.55. The summed E-state index contributed by atoms with van der Waals surface area (Å²) in [4.78, 5) is 11.8. The maximum atomic E-state index is 12.8. The Hall–Kier alpha value is -1.73. The Morgan fingerprint density at radius 2 is 1.27 bits per heavy atom. The predicted molar refractivity (Wildman–Crippen MR) is 69.5 cm³/mol. The molecule has 0 atom stereocenters. The van der Waals surface area contributed by atoms with Crippen molar-refractivity contribution in [2.75, 3.05) is 5.32 Å². The highest BCUT2D eigenvalue weighted by molar-refractivity contribution is 5.97. The van der Waals surface area contributed by atoms with Gasteiger partial charge in [0.15, 0.2) is 0 Å². The molecule has 1 aromatic rings. The van der Waals surface area contributed by atoms with E-state index in [-0.39, 0.29) is 12.6 Å². The molecule has 0 bridgehead atoms. The largest absolute Gasteiger partial charge is 0.411 e. The van der Waals surface area contributed by atoms with Crippen LogP contribution in [0.15, 0.2) is 12.1 Å². The Bertz CT molecular complexity index is 551. The van der Waals surface area contributed by atoms with Crippen LogP contribution in [0.1, 0.15) is 23.6 Å². The zero-order valence-corrected chi connectivity index (χ0v) is 12.3. The van der Waals surface area contributed by atoms with Crippen LogP contribution in [-0.2, 0) is 4.79 Å². The topological polar surface area (TPSA) is 29.1 Å². The summed E-state index contributed by atoms with van der Waals surface area (Å²) in [5, 5.41) is 1.78. The Kier molecular flexibility index (Phi) is 4.56. The number of aryl methyl sites for hydroxylation is 3. The Morgan fingerprint density at radius 1 is 0.909 bits per heavy atom. The van der Waals surface area contributed by atoms with Crippen molar-refractivity contribution in [1.29, 1.82) is 0 Å². The number of anilines is 1. The molecule has 0 aliphatic rings. The van der Waals surface area contributed by atoms with Crippen molar-refractivity contribution in [2.24, 2.45) is 5.41 Å². The van der Waals surface area contributed by atoms with E-state index in [0.29, 0.717) is 11.1 Å². The third-order valence-corrected chi connectivity index (χ3v) is 3.50. The maximum Gasteiger partial charge on any atom is 0.411 e. The van der Waals surface area contributed by atoms with Crippen molar-refractivity contribution in [3.05, 3.63) is 28.8 Å². The molecular formula is C14H15F6NO. The summed E-state index contributed by atoms with van der Waals surface area (Å²) in [5.74, 6) is -2.15. The number of halogens is 6. The molecule has 1 aromatic carbocycles. The van der Waals surface area contributed by atoms with Crippen LogP contribution in [0.3, 0.4) is 0 Å². The van der Waals surface area contributed by atoms with Gasteiger partial charge >= 0.3 is 12.4 Å². The van der Waals surface area contributed by atoms with E-state index in [4.69, 9.17) is 0 Å². The third kappa shape index (κ3) is 3.05. The van der Waals surface area contributed by atoms with E-state index in [9.17, 15) is 31.1 Å². The van der Waals surface area contributed by atoms with Crippen LogP contribution in [-0.4, -0.2) is 18.3 Å². The van der Waals surface area contributed by atoms with Crippen molar-refractivity contribution < 1.29 is 31.1 Å². The molecule has 8 heteroatoms. The molecule has 22 heavy (non-hydrogen) atoms. The average Bonchev–Trinajstić information content (AvgIpc) is 2.29. The molecule has 0 heterocycles. The molecule has 0 spiro atoms. The van der Waals surface area contributed by atoms with Gasteiger partial charge in [0.1, 0.15) is 0 Å². The van der Waals surface area contributed by atoms with Gasteiger partial charge in [0.2, 0.25) is 11.3 Å². The molecule has 1 N–H and O–H groups in total. The summed E-state index contributed by atoms with van der Waals surface area (Å²) >= 11 is 0. The van der Waals surface area contributed by atoms with Crippen molar-refractivity contribution in [3.63, 3.8) is 0 Å². The SMILES string of the molecule is Cc1cc(C)c(NC(=O)C(C)(C(F)(F)F)C(F)(F)F)c(C)c1. The second-order valence-corrected chi connectivity index (χ2v) is 5.35. The number of nitrogens with one attached hydrogen (secondary N) is 1. The first-order valence-electron chi connectivity index (χ1n) is 6.24. The number of hydrogen-bond donors (Lipinski definition) is 1. The Balaban J connectivity index is 3.31. The molecule has 0 radical (unpaired) electrons. The fourth-order valence-corrected chi connectivity index (χ4v) is 2.03. The van der Waals surface area contributed by atoms with E-state index in [1.54, 1.807) is 24.4 Å². The van der Waals surface area contributed by atoms with Gasteiger partial charge in [-0.3, -0.25) is 4.79 Å². The Morgan fingerprint density at radius 3 is 1.59 bits per heavy atom. The number of alkyl halides is 6. The van der Waals surface area contributed by atoms with E-state index in [1.807, 2.05) is 0 Å². The van der Waals surface area contributed by atoms with E-state index in [1.165, 1.54) is 13.8 Å². The van der Waals surface area contributed by atoms with Crippen LogP contribution in [0.2, 0.25) is 0 Å². The van der Waals surface area contributed by atoms with Gasteiger partial charge in [0, 0.05) is 5.69 Å². The number of rotatable bonds is 2. The molecule has 2 nitrogen and oxygen atoms in total. The minimum absolute atomic E-state index is 0.0460. The van der Waals surface area contributed by atoms with Gasteiger partial charge in [-0.05, 0) is 38.8 Å². The third-order valence-electron chi connectivity index (χ3n) is 3.50. The lowest BCUT2D eigenvalue weighted by Crippen LogP contribution is -2.55. The molecule has 0 unspecified atom stereocenters. The predicted octanol–water partition coefficient (Wildman–Crippen LogP) is 4.68. The van der Waals surface area contributed by atoms with Crippen LogP contribution in [0.25, 0.3) is 0 Å². The molecule has 124 valence electrons. The van der Waals surface area contributed by atoms with E-state index in [0.717, 1.165) is 5.56 Å². The van der Waals surface area contributed by atoms with Gasteiger partial charge in [-0.1, -0.05) is 17.7 Å². The monoisotopic (exact) mass is 327 g/mol. The first-order chi connectivity index (χ1) is 9.71. The lowest BCUT2D eigenvalue weighted by Gasteiger charge is -2.32. The lowest BCUT2D eigenvalue weighted by molar-refractivity contribution is -0.317. The highest BCUT2D eigenvalue weighted by atomic mass is 19.4. The van der Waals surface area contributed by atoms with E-state index >= 15 is 0 Å². The standard InChI is InChI=1S/C14H15F6NO/c1-7-5-8(2)10(9(3)6-7)21-11(22)12(4,13(15,16)17)14(18,19)20/h5-6H,1-4H3,(H,21,22). The summed E-state index contributed by atoms with van der Waals surface area (Å²) in [5.41, 5.74) is -2.98. The molecule has 0 aromatic heterocycles. The molecule has 0 fully saturated rings. The van der Waals surface area contributed by atoms with Crippen molar-refractivity contribution in [2.45, 2.75) is 40.0 Å². The molecule has 1 amide bonds. The van der Waals surface area contributed by atoms with Crippen LogP contribution in [0.5, 0.6) is 0 Å². The van der Waals surface area contributed by atoms with Crippen LogP contribution >= 0.6 is 0 Å². The first kappa shape index (κ1) is 18.3. The van der Waals surface area contributed by atoms with E-state index in [2.05, 4.69) is 0 Å². The minimum Gasteiger partial charge on any atom is -0.325 e. The summed E-state index contributed by atoms with van der Waals surface area (Å²) in [6.07, 6.45) is -11.5. The molecule has 1 rings (SSSR count). The summed E-state index contributed by atoms with van der Waals surface area (Å²) < 4.78 is 77.0. The smallest absolute Gasteiger partial charge is 0.325 e. The second-order valence-electron chi connectivity index (χ2n) is 5.35. The second kappa shape index (κ2) is 5.48. The van der Waals surface area contributed by atoms with Crippen molar-refractivity contribution in [3.8, 4) is 0 Å². The van der Waals surface area contributed by atoms with E-state index < -0.39 is 23.7 Å². The highest BCUT2D eigenvalue weighted by Gasteiger charge is 2.72. The van der Waals surface area contributed by atoms with Crippen LogP contribution < -0.4 is 5.32 Å². The highest BCUT2D eigenvalue weighted by Crippen LogP contribution is 2.50. The average molecular weight is 327 g/mol. The molecule has 0 aliphatic heterocycles. The molecular weight excluding hydrogens is 312 g/mol. The van der Waals surface area contributed by atoms with Gasteiger partial charge in [0.05, 0.1) is 0 Å². The quantitative estimate of drug-likeness (QED) is 0.785. The van der Waals surface area contributed by atoms with Gasteiger partial charge in [-0.2, -0.15) is 26.3 Å². The van der Waals surface area contributed by atoms with Crippen LogP contribution in [0, 0.1) is 26.2 Å². The fourth-order valence-electron chi connectivity index (χ4n) is 2.03. The number of benzene rings is 1. The molecule has 0 saturated carbocycles.